The summed E-state index contributed by atoms with van der Waals surface area (Å²) in [4.78, 5) is 0. The fraction of sp³-hybridized carbons (Fsp3) is 0.341. The molecule has 4 aromatic rings. The number of hydrogen-bond acceptors (Lipinski definition) is 0. The zero-order chi connectivity index (χ0) is 32.5. The van der Waals surface area contributed by atoms with Crippen molar-refractivity contribution in [2.24, 2.45) is 11.3 Å². The van der Waals surface area contributed by atoms with Crippen molar-refractivity contribution in [3.8, 4) is 11.1 Å². The Balaban J connectivity index is 0.00000250. The molecule has 0 amide bonds. The molecular weight excluding hydrogens is 691 g/mol. The summed E-state index contributed by atoms with van der Waals surface area (Å²) in [6.45, 7) is 23.2. The van der Waals surface area contributed by atoms with Crippen molar-refractivity contribution in [1.82, 2.24) is 0 Å². The molecule has 6 rings (SSSR count). The third kappa shape index (κ3) is 5.77. The van der Waals surface area contributed by atoms with E-state index in [9.17, 15) is 0 Å². The van der Waals surface area contributed by atoms with Gasteiger partial charge in [0.05, 0.1) is 0 Å². The molecule has 0 spiro atoms. The predicted octanol–water partition coefficient (Wildman–Crippen LogP) is 10.6. The molecule has 0 N–H and O–H groups in total. The summed E-state index contributed by atoms with van der Waals surface area (Å²) >= 11 is -4.95. The van der Waals surface area contributed by atoms with Gasteiger partial charge in [-0.15, -0.1) is 24.8 Å². The monoisotopic (exact) mass is 742 g/mol. The van der Waals surface area contributed by atoms with Crippen LogP contribution in [-0.2, 0) is 24.7 Å². The molecule has 0 nitrogen and oxygen atoms in total. The van der Waals surface area contributed by atoms with Crippen LogP contribution in [0.4, 0.5) is 0 Å². The molecule has 1 unspecified atom stereocenters. The van der Waals surface area contributed by atoms with E-state index in [4.69, 9.17) is 4.21 Å². The van der Waals surface area contributed by atoms with Crippen molar-refractivity contribution in [3.05, 3.63) is 132 Å². The summed E-state index contributed by atoms with van der Waals surface area (Å²) in [6.07, 6.45) is 8.56. The van der Waals surface area contributed by atoms with Crippen LogP contribution >= 0.6 is 24.8 Å². The van der Waals surface area contributed by atoms with E-state index in [2.05, 4.69) is 148 Å². The summed E-state index contributed by atoms with van der Waals surface area (Å²) < 4.78 is 12.0. The minimum atomic E-state index is -4.95. The van der Waals surface area contributed by atoms with Gasteiger partial charge in [-0.25, -0.2) is 0 Å². The van der Waals surface area contributed by atoms with Crippen molar-refractivity contribution < 1.29 is 18.3 Å². The fourth-order valence-corrected chi connectivity index (χ4v) is 26.1. The van der Waals surface area contributed by atoms with Gasteiger partial charge in [0, 0.05) is 0 Å². The Kier molecular flexibility index (Phi) is 10.5. The van der Waals surface area contributed by atoms with Gasteiger partial charge in [0.2, 0.25) is 0 Å². The first kappa shape index (κ1) is 37.5. The molecule has 0 bridgehead atoms. The van der Waals surface area contributed by atoms with Crippen LogP contribution in [0.15, 0.2) is 87.7 Å². The molecule has 47 heavy (non-hydrogen) atoms. The van der Waals surface area contributed by atoms with Crippen LogP contribution in [0.1, 0.15) is 85.0 Å². The molecule has 0 aromatic heterocycles. The first-order chi connectivity index (χ1) is 21.2. The van der Waals surface area contributed by atoms with Crippen LogP contribution in [0.5, 0.6) is 0 Å². The Morgan fingerprint density at radius 2 is 1.23 bits per heavy atom. The second kappa shape index (κ2) is 13.2. The number of fused-ring (bicyclic) bond motifs is 3. The maximum absolute atomic E-state index is 5.89. The minimum absolute atomic E-state index is 0. The first-order valence-corrected chi connectivity index (χ1v) is 23.7. The maximum atomic E-state index is 5.89. The van der Waals surface area contributed by atoms with Crippen molar-refractivity contribution in [1.29, 1.82) is 0 Å². The predicted molar refractivity (Wildman–Crippen MR) is 211 cm³/mol. The van der Waals surface area contributed by atoms with E-state index in [0.717, 1.165) is 19.3 Å². The van der Waals surface area contributed by atoms with Gasteiger partial charge in [0.25, 0.3) is 0 Å². The summed E-state index contributed by atoms with van der Waals surface area (Å²) in [7, 11) is 0. The quantitative estimate of drug-likeness (QED) is 0.162. The molecule has 4 aromatic carbocycles. The normalized spacial score (nSPS) is 15.7. The summed E-state index contributed by atoms with van der Waals surface area (Å²) in [5.41, 5.74) is 15.6. The number of hydrogen-bond donors (Lipinski definition) is 0. The molecule has 1 atom stereocenters. The Morgan fingerprint density at radius 1 is 0.723 bits per heavy atom. The third-order valence-electron chi connectivity index (χ3n) is 11.5. The zero-order valence-corrected chi connectivity index (χ0v) is 34.3. The van der Waals surface area contributed by atoms with Crippen LogP contribution in [0.2, 0.25) is 0 Å². The molecular formula is C44H54Cl2Zr. The topological polar surface area (TPSA) is 0 Å². The SMILES string of the molecule is Cl.Cl.[CH2]=[Zr]([C]1=CC(C(C)(C)C)=CC1CCC)([c]1ccc(C)cc1)([c]1ccc(C)cc1)[c]1c(C)c(C)cc2c1Cc1cc(C)c(C)cc1-2. The van der Waals surface area contributed by atoms with Gasteiger partial charge in [-0.1, -0.05) is 0 Å². The standard InChI is InChI=1S/C17H17.C12H19.2C7H7.CH2.2ClH.Zr/c1-10-5-14-9-15-6-11(2)13(4)8-17(15)16(14)7-12(10)3;1-5-6-10-7-8-11(9-10)12(2,3)4;2*1-7-5-3-2-4-6-7;;;;/h5,7-8H,9H2,1-4H3;8-10H,5-6H2,1-4H3;2*3-6H,1H3;1H2;2*1H;. The number of aryl methyl sites for hydroxylation is 5. The van der Waals surface area contributed by atoms with E-state index < -0.39 is 18.3 Å². The second-order valence-electron chi connectivity index (χ2n) is 15.5. The van der Waals surface area contributed by atoms with Gasteiger partial charge in [-0.05, 0) is 0 Å². The van der Waals surface area contributed by atoms with Crippen molar-refractivity contribution in [3.63, 3.8) is 0 Å². The van der Waals surface area contributed by atoms with Gasteiger partial charge in [0.15, 0.2) is 0 Å². The molecule has 0 fully saturated rings. The molecule has 0 saturated heterocycles. The second-order valence-corrected chi connectivity index (χ2v) is 28.2. The molecule has 0 radical (unpaired) electrons. The van der Waals surface area contributed by atoms with E-state index in [-0.39, 0.29) is 30.2 Å². The van der Waals surface area contributed by atoms with Crippen molar-refractivity contribution >= 4 is 38.8 Å². The summed E-state index contributed by atoms with van der Waals surface area (Å²) in [5, 5.41) is 0. The van der Waals surface area contributed by atoms with Gasteiger partial charge < -0.3 is 0 Å². The number of rotatable bonds is 6. The van der Waals surface area contributed by atoms with E-state index in [0.29, 0.717) is 5.92 Å². The molecule has 0 aliphatic heterocycles. The Labute approximate surface area is 298 Å². The number of benzene rings is 4. The van der Waals surface area contributed by atoms with Crippen molar-refractivity contribution in [2.45, 2.75) is 88.5 Å². The first-order valence-electron chi connectivity index (χ1n) is 17.0. The van der Waals surface area contributed by atoms with Gasteiger partial charge >= 0.3 is 276 Å². The average molecular weight is 745 g/mol. The van der Waals surface area contributed by atoms with Crippen LogP contribution in [0, 0.1) is 52.9 Å². The van der Waals surface area contributed by atoms with E-state index in [1.807, 2.05) is 0 Å². The summed E-state index contributed by atoms with van der Waals surface area (Å²) in [6, 6.07) is 26.7. The third-order valence-corrected chi connectivity index (χ3v) is 28.1. The molecule has 248 valence electrons. The Morgan fingerprint density at radius 3 is 1.74 bits per heavy atom. The molecule has 3 heteroatoms. The van der Waals surface area contributed by atoms with E-state index in [1.165, 1.54) is 67.8 Å². The van der Waals surface area contributed by atoms with Gasteiger partial charge in [-0.3, -0.25) is 0 Å². The molecule has 2 aliphatic carbocycles. The van der Waals surface area contributed by atoms with Crippen LogP contribution in [0.3, 0.4) is 0 Å². The average Bonchev–Trinajstić information content (AvgIpc) is 3.57. The number of allylic oxidation sites excluding steroid dienone is 4. The Bertz CT molecular complexity index is 1910. The van der Waals surface area contributed by atoms with Crippen molar-refractivity contribution in [2.75, 3.05) is 0 Å². The fourth-order valence-electron chi connectivity index (χ4n) is 8.59. The van der Waals surface area contributed by atoms with Gasteiger partial charge in [0.1, 0.15) is 0 Å². The van der Waals surface area contributed by atoms with Gasteiger partial charge in [-0.2, -0.15) is 0 Å². The molecule has 2 aliphatic rings. The summed E-state index contributed by atoms with van der Waals surface area (Å²) in [5.74, 6) is 0.374. The van der Waals surface area contributed by atoms with Crippen LogP contribution in [-0.4, -0.2) is 4.21 Å². The zero-order valence-electron chi connectivity index (χ0n) is 30.2. The van der Waals surface area contributed by atoms with Crippen LogP contribution < -0.4 is 9.81 Å². The molecule has 0 heterocycles. The van der Waals surface area contributed by atoms with E-state index >= 15 is 0 Å². The Hall–Kier alpha value is -2.31. The number of halogens is 2. The molecule has 0 saturated carbocycles. The van der Waals surface area contributed by atoms with E-state index in [1.54, 1.807) is 6.55 Å². The van der Waals surface area contributed by atoms with Crippen LogP contribution in [0.25, 0.3) is 11.1 Å².